The number of carboxylic acids is 1. The number of aromatic carboxylic acids is 1. The number of carboxylic acid groups (broad SMARTS) is 1. The van der Waals surface area contributed by atoms with Crippen LogP contribution in [0.5, 0.6) is 0 Å². The molecule has 0 saturated heterocycles. The molecule has 0 aliphatic rings. The van der Waals surface area contributed by atoms with Crippen molar-refractivity contribution in [3.63, 3.8) is 0 Å². The Labute approximate surface area is 110 Å². The van der Waals surface area contributed by atoms with Gasteiger partial charge < -0.3 is 9.67 Å². The van der Waals surface area contributed by atoms with E-state index in [-0.39, 0.29) is 5.56 Å². The van der Waals surface area contributed by atoms with Crippen LogP contribution in [0.25, 0.3) is 0 Å². The van der Waals surface area contributed by atoms with E-state index in [4.69, 9.17) is 5.11 Å². The number of nitrogens with zero attached hydrogens (tertiary/aromatic N) is 1. The molecule has 2 rings (SSSR count). The largest absolute Gasteiger partial charge is 0.477 e. The number of rotatable bonds is 3. The van der Waals surface area contributed by atoms with Crippen molar-refractivity contribution in [3.05, 3.63) is 69.1 Å². The Morgan fingerprint density at radius 2 is 1.84 bits per heavy atom. The molecular weight excluding hydrogens is 242 g/mol. The molecule has 0 bridgehead atoms. The molecule has 98 valence electrons. The minimum atomic E-state index is -1.19. The maximum atomic E-state index is 12.1. The van der Waals surface area contributed by atoms with Crippen LogP contribution in [0.1, 0.15) is 27.2 Å². The summed E-state index contributed by atoms with van der Waals surface area (Å²) in [5, 5.41) is 8.99. The van der Waals surface area contributed by atoms with E-state index >= 15 is 0 Å². The van der Waals surface area contributed by atoms with Gasteiger partial charge in [0.15, 0.2) is 0 Å². The summed E-state index contributed by atoms with van der Waals surface area (Å²) in [6.45, 7) is 4.15. The predicted octanol–water partition coefficient (Wildman–Crippen LogP) is 2.21. The summed E-state index contributed by atoms with van der Waals surface area (Å²) in [6, 6.07) is 10.8. The monoisotopic (exact) mass is 257 g/mol. The van der Waals surface area contributed by atoms with Crippen LogP contribution in [0.4, 0.5) is 0 Å². The van der Waals surface area contributed by atoms with Gasteiger partial charge in [-0.2, -0.15) is 0 Å². The van der Waals surface area contributed by atoms with E-state index < -0.39 is 11.5 Å². The third-order valence-electron chi connectivity index (χ3n) is 3.21. The van der Waals surface area contributed by atoms with Gasteiger partial charge in [-0.1, -0.05) is 24.3 Å². The predicted molar refractivity (Wildman–Crippen MR) is 72.7 cm³/mol. The number of carbonyl (C=O) groups is 1. The summed E-state index contributed by atoms with van der Waals surface area (Å²) in [6.07, 6.45) is 0. The van der Waals surface area contributed by atoms with E-state index in [1.165, 1.54) is 10.6 Å². The molecule has 19 heavy (non-hydrogen) atoms. The molecule has 0 aliphatic carbocycles. The number of hydrogen-bond acceptors (Lipinski definition) is 2. The van der Waals surface area contributed by atoms with Gasteiger partial charge in [0.2, 0.25) is 0 Å². The average molecular weight is 257 g/mol. The summed E-state index contributed by atoms with van der Waals surface area (Å²) in [5.41, 5.74) is 2.18. The second kappa shape index (κ2) is 5.10. The van der Waals surface area contributed by atoms with E-state index in [2.05, 4.69) is 0 Å². The molecule has 0 spiro atoms. The van der Waals surface area contributed by atoms with E-state index in [1.54, 1.807) is 13.0 Å². The fourth-order valence-electron chi connectivity index (χ4n) is 1.99. The zero-order valence-electron chi connectivity index (χ0n) is 10.9. The first-order valence-corrected chi connectivity index (χ1v) is 5.99. The Morgan fingerprint density at radius 3 is 2.47 bits per heavy atom. The van der Waals surface area contributed by atoms with Gasteiger partial charge in [0.05, 0.1) is 6.54 Å². The second-order valence-corrected chi connectivity index (χ2v) is 4.51. The lowest BCUT2D eigenvalue weighted by Gasteiger charge is -2.12. The molecule has 0 atom stereocenters. The quantitative estimate of drug-likeness (QED) is 0.917. The third-order valence-corrected chi connectivity index (χ3v) is 3.21. The summed E-state index contributed by atoms with van der Waals surface area (Å²) in [4.78, 5) is 23.1. The number of pyridine rings is 1. The number of benzene rings is 1. The minimum absolute atomic E-state index is 0.195. The van der Waals surface area contributed by atoms with Gasteiger partial charge in [-0.25, -0.2) is 4.79 Å². The lowest BCUT2D eigenvalue weighted by molar-refractivity contribution is 0.0694. The van der Waals surface area contributed by atoms with Crippen LogP contribution in [0.3, 0.4) is 0 Å². The molecule has 1 aromatic carbocycles. The van der Waals surface area contributed by atoms with Gasteiger partial charge in [0, 0.05) is 5.69 Å². The molecule has 1 heterocycles. The lowest BCUT2D eigenvalue weighted by Crippen LogP contribution is -2.28. The van der Waals surface area contributed by atoms with Crippen LogP contribution in [0.2, 0.25) is 0 Å². The van der Waals surface area contributed by atoms with Crippen LogP contribution in [0.15, 0.2) is 41.2 Å². The number of hydrogen-bond donors (Lipinski definition) is 1. The smallest absolute Gasteiger partial charge is 0.341 e. The summed E-state index contributed by atoms with van der Waals surface area (Å²) < 4.78 is 1.49. The van der Waals surface area contributed by atoms with Gasteiger partial charge in [-0.15, -0.1) is 0 Å². The molecule has 0 amide bonds. The fourth-order valence-corrected chi connectivity index (χ4v) is 1.99. The normalized spacial score (nSPS) is 10.4. The van der Waals surface area contributed by atoms with Crippen molar-refractivity contribution in [2.75, 3.05) is 0 Å². The van der Waals surface area contributed by atoms with E-state index in [0.29, 0.717) is 6.54 Å². The summed E-state index contributed by atoms with van der Waals surface area (Å²) >= 11 is 0. The van der Waals surface area contributed by atoms with Crippen molar-refractivity contribution < 1.29 is 9.90 Å². The van der Waals surface area contributed by atoms with Crippen molar-refractivity contribution in [2.45, 2.75) is 20.4 Å². The Morgan fingerprint density at radius 1 is 1.16 bits per heavy atom. The number of aryl methyl sites for hydroxylation is 2. The highest BCUT2D eigenvalue weighted by Crippen LogP contribution is 2.10. The van der Waals surface area contributed by atoms with Gasteiger partial charge in [0.25, 0.3) is 5.56 Å². The van der Waals surface area contributed by atoms with Gasteiger partial charge in [-0.05, 0) is 37.1 Å². The van der Waals surface area contributed by atoms with Crippen molar-refractivity contribution in [3.8, 4) is 0 Å². The maximum Gasteiger partial charge on any atom is 0.341 e. The van der Waals surface area contributed by atoms with Crippen molar-refractivity contribution >= 4 is 5.97 Å². The lowest BCUT2D eigenvalue weighted by atomic mass is 10.1. The van der Waals surface area contributed by atoms with Crippen molar-refractivity contribution in [1.29, 1.82) is 0 Å². The van der Waals surface area contributed by atoms with Crippen LogP contribution in [-0.4, -0.2) is 15.6 Å². The first kappa shape index (κ1) is 13.1. The van der Waals surface area contributed by atoms with Gasteiger partial charge in [0.1, 0.15) is 5.56 Å². The Kier molecular flexibility index (Phi) is 3.51. The third kappa shape index (κ3) is 2.57. The van der Waals surface area contributed by atoms with Gasteiger partial charge >= 0.3 is 5.97 Å². The van der Waals surface area contributed by atoms with Crippen LogP contribution in [0, 0.1) is 13.8 Å². The number of aromatic nitrogens is 1. The minimum Gasteiger partial charge on any atom is -0.477 e. The fraction of sp³-hybridized carbons (Fsp3) is 0.200. The van der Waals surface area contributed by atoms with E-state index in [9.17, 15) is 9.59 Å². The molecular formula is C15H15NO3. The Bertz CT molecular complexity index is 686. The molecule has 2 aromatic rings. The highest BCUT2D eigenvalue weighted by molar-refractivity contribution is 5.87. The molecule has 0 unspecified atom stereocenters. The SMILES string of the molecule is Cc1ccccc1Cn1c(C)ccc(C(=O)O)c1=O. The standard InChI is InChI=1S/C15H15NO3/c1-10-5-3-4-6-12(10)9-16-11(2)7-8-13(14(16)17)15(18)19/h3-8H,9H2,1-2H3,(H,18,19). The highest BCUT2D eigenvalue weighted by Gasteiger charge is 2.12. The van der Waals surface area contributed by atoms with E-state index in [1.807, 2.05) is 31.2 Å². The van der Waals surface area contributed by atoms with Crippen molar-refractivity contribution in [2.24, 2.45) is 0 Å². The van der Waals surface area contributed by atoms with Crippen molar-refractivity contribution in [1.82, 2.24) is 4.57 Å². The van der Waals surface area contributed by atoms with E-state index in [0.717, 1.165) is 16.8 Å². The van der Waals surface area contributed by atoms with Crippen LogP contribution in [-0.2, 0) is 6.54 Å². The molecule has 4 heteroatoms. The summed E-state index contributed by atoms with van der Waals surface area (Å²) in [7, 11) is 0. The average Bonchev–Trinajstić information content (AvgIpc) is 2.36. The van der Waals surface area contributed by atoms with Crippen LogP contribution >= 0.6 is 0 Å². The Hall–Kier alpha value is -2.36. The van der Waals surface area contributed by atoms with Crippen LogP contribution < -0.4 is 5.56 Å². The second-order valence-electron chi connectivity index (χ2n) is 4.51. The zero-order valence-corrected chi connectivity index (χ0v) is 10.9. The molecule has 0 aliphatic heterocycles. The molecule has 0 radical (unpaired) electrons. The molecule has 4 nitrogen and oxygen atoms in total. The molecule has 0 saturated carbocycles. The van der Waals surface area contributed by atoms with Gasteiger partial charge in [-0.3, -0.25) is 4.79 Å². The highest BCUT2D eigenvalue weighted by atomic mass is 16.4. The Balaban J connectivity index is 2.52. The first-order chi connectivity index (χ1) is 9.00. The molecule has 0 fully saturated rings. The topological polar surface area (TPSA) is 59.3 Å². The first-order valence-electron chi connectivity index (χ1n) is 5.99. The maximum absolute atomic E-state index is 12.1. The molecule has 1 aromatic heterocycles. The zero-order chi connectivity index (χ0) is 14.0. The summed E-state index contributed by atoms with van der Waals surface area (Å²) in [5.74, 6) is -1.19. The molecule has 1 N–H and O–H groups in total.